The van der Waals surface area contributed by atoms with Gasteiger partial charge in [0.25, 0.3) is 5.91 Å². The molecule has 0 radical (unpaired) electrons. The third kappa shape index (κ3) is 5.25. The molecule has 0 unspecified atom stereocenters. The molecule has 0 atom stereocenters. The Bertz CT molecular complexity index is 993. The van der Waals surface area contributed by atoms with Crippen molar-refractivity contribution in [2.24, 2.45) is 0 Å². The Labute approximate surface area is 167 Å². The minimum atomic E-state index is -0.592. The molecule has 1 aromatic heterocycles. The number of anilines is 2. The summed E-state index contributed by atoms with van der Waals surface area (Å²) < 4.78 is 0. The minimum absolute atomic E-state index is 0.0769. The number of amides is 1. The Balaban J connectivity index is 1.68. The van der Waals surface area contributed by atoms with Crippen LogP contribution in [0.4, 0.5) is 17.3 Å². The number of aromatic nitrogens is 2. The molecule has 0 saturated carbocycles. The molecule has 0 aliphatic carbocycles. The number of hydrogen-bond acceptors (Lipinski definition) is 7. The van der Waals surface area contributed by atoms with Gasteiger partial charge < -0.3 is 5.32 Å². The van der Waals surface area contributed by atoms with E-state index in [2.05, 4.69) is 26.1 Å². The highest BCUT2D eigenvalue weighted by Crippen LogP contribution is 2.28. The molecule has 3 N–H and O–H groups in total. The minimum Gasteiger partial charge on any atom is -0.364 e. The maximum absolute atomic E-state index is 12.2. The van der Waals surface area contributed by atoms with Gasteiger partial charge >= 0.3 is 5.69 Å². The van der Waals surface area contributed by atoms with Crippen LogP contribution in [0.15, 0.2) is 60.9 Å². The molecule has 0 fully saturated rings. The molecule has 1 heterocycles. The van der Waals surface area contributed by atoms with Crippen molar-refractivity contribution in [3.8, 4) is 0 Å². The zero-order valence-corrected chi connectivity index (χ0v) is 15.8. The van der Waals surface area contributed by atoms with Crippen LogP contribution in [0.2, 0.25) is 0 Å². The summed E-state index contributed by atoms with van der Waals surface area (Å²) in [5.41, 5.74) is 7.14. The van der Waals surface area contributed by atoms with Crippen molar-refractivity contribution in [1.82, 2.24) is 15.4 Å². The first kappa shape index (κ1) is 19.7. The fraction of sp³-hybridized carbons (Fsp3) is 0.150. The second-order valence-electron chi connectivity index (χ2n) is 6.28. The number of hydrogen-bond donors (Lipinski definition) is 3. The Morgan fingerprint density at radius 2 is 1.72 bits per heavy atom. The van der Waals surface area contributed by atoms with Crippen molar-refractivity contribution in [3.05, 3.63) is 87.7 Å². The van der Waals surface area contributed by atoms with Crippen LogP contribution in [0, 0.1) is 17.0 Å². The molecule has 0 bridgehead atoms. The highest BCUT2D eigenvalue weighted by atomic mass is 16.6. The number of rotatable bonds is 8. The van der Waals surface area contributed by atoms with Crippen LogP contribution < -0.4 is 16.2 Å². The van der Waals surface area contributed by atoms with E-state index in [1.54, 1.807) is 24.3 Å². The normalized spacial score (nSPS) is 10.2. The molecule has 2 aromatic carbocycles. The molecular weight excluding hydrogens is 372 g/mol. The van der Waals surface area contributed by atoms with E-state index >= 15 is 0 Å². The molecule has 3 rings (SSSR count). The summed E-state index contributed by atoms with van der Waals surface area (Å²) in [6, 6.07) is 16.7. The van der Waals surface area contributed by atoms with E-state index in [4.69, 9.17) is 0 Å². The Kier molecular flexibility index (Phi) is 6.31. The summed E-state index contributed by atoms with van der Waals surface area (Å²) in [5, 5.41) is 14.5. The summed E-state index contributed by atoms with van der Waals surface area (Å²) in [6.07, 6.45) is 1.87. The molecule has 0 aliphatic heterocycles. The van der Waals surface area contributed by atoms with Gasteiger partial charge in [-0.1, -0.05) is 48.0 Å². The average molecular weight is 392 g/mol. The van der Waals surface area contributed by atoms with Crippen LogP contribution >= 0.6 is 0 Å². The van der Waals surface area contributed by atoms with Gasteiger partial charge in [-0.05, 0) is 31.0 Å². The first-order chi connectivity index (χ1) is 14.0. The lowest BCUT2D eigenvalue weighted by Gasteiger charge is -2.11. The van der Waals surface area contributed by atoms with Gasteiger partial charge in [-0.15, -0.1) is 0 Å². The Morgan fingerprint density at radius 1 is 1.03 bits per heavy atom. The summed E-state index contributed by atoms with van der Waals surface area (Å²) in [7, 11) is 0. The summed E-state index contributed by atoms with van der Waals surface area (Å²) in [6.45, 7) is 2.37. The van der Waals surface area contributed by atoms with Crippen molar-refractivity contribution in [3.63, 3.8) is 0 Å². The third-order valence-electron chi connectivity index (χ3n) is 4.16. The van der Waals surface area contributed by atoms with Gasteiger partial charge in [-0.2, -0.15) is 0 Å². The maximum atomic E-state index is 12.2. The SMILES string of the molecule is Cc1ccc(C(=O)NNc2ncnc(NCCc3ccccc3)c2[N+](=O)[O-])cc1. The zero-order chi connectivity index (χ0) is 20.6. The smallest absolute Gasteiger partial charge is 0.354 e. The molecule has 0 aliphatic rings. The molecule has 1 amide bonds. The van der Waals surface area contributed by atoms with E-state index in [1.807, 2.05) is 37.3 Å². The molecule has 0 spiro atoms. The third-order valence-corrected chi connectivity index (χ3v) is 4.16. The number of aryl methyl sites for hydroxylation is 1. The molecule has 0 saturated heterocycles. The van der Waals surface area contributed by atoms with Gasteiger partial charge in [0.15, 0.2) is 0 Å². The van der Waals surface area contributed by atoms with E-state index in [9.17, 15) is 14.9 Å². The van der Waals surface area contributed by atoms with E-state index < -0.39 is 10.8 Å². The number of carbonyl (C=O) groups excluding carboxylic acids is 1. The van der Waals surface area contributed by atoms with Crippen LogP contribution in [0.5, 0.6) is 0 Å². The molecule has 9 nitrogen and oxygen atoms in total. The van der Waals surface area contributed by atoms with E-state index in [0.717, 1.165) is 11.1 Å². The second-order valence-corrected chi connectivity index (χ2v) is 6.28. The highest BCUT2D eigenvalue weighted by molar-refractivity contribution is 5.95. The molecule has 148 valence electrons. The van der Waals surface area contributed by atoms with Crippen LogP contribution in [-0.4, -0.2) is 27.3 Å². The van der Waals surface area contributed by atoms with Gasteiger partial charge in [0.05, 0.1) is 4.92 Å². The number of benzene rings is 2. The maximum Gasteiger partial charge on any atom is 0.354 e. The molecule has 29 heavy (non-hydrogen) atoms. The molecule has 9 heteroatoms. The van der Waals surface area contributed by atoms with Crippen LogP contribution in [-0.2, 0) is 6.42 Å². The lowest BCUT2D eigenvalue weighted by molar-refractivity contribution is -0.383. The Morgan fingerprint density at radius 3 is 2.41 bits per heavy atom. The van der Waals surface area contributed by atoms with Crippen molar-refractivity contribution >= 4 is 23.2 Å². The number of nitrogens with zero attached hydrogens (tertiary/aromatic N) is 3. The fourth-order valence-electron chi connectivity index (χ4n) is 2.64. The molecule has 3 aromatic rings. The lowest BCUT2D eigenvalue weighted by atomic mass is 10.1. The highest BCUT2D eigenvalue weighted by Gasteiger charge is 2.23. The quantitative estimate of drug-likeness (QED) is 0.398. The number of nitro groups is 1. The van der Waals surface area contributed by atoms with Gasteiger partial charge in [-0.3, -0.25) is 25.8 Å². The predicted molar refractivity (Wildman–Crippen MR) is 110 cm³/mol. The van der Waals surface area contributed by atoms with Crippen molar-refractivity contribution in [1.29, 1.82) is 0 Å². The summed E-state index contributed by atoms with van der Waals surface area (Å²) in [4.78, 5) is 31.0. The van der Waals surface area contributed by atoms with Crippen LogP contribution in [0.25, 0.3) is 0 Å². The van der Waals surface area contributed by atoms with Gasteiger partial charge in [0.1, 0.15) is 6.33 Å². The first-order valence-electron chi connectivity index (χ1n) is 8.95. The number of hydrazine groups is 1. The van der Waals surface area contributed by atoms with Crippen molar-refractivity contribution in [2.75, 3.05) is 17.3 Å². The zero-order valence-electron chi connectivity index (χ0n) is 15.8. The summed E-state index contributed by atoms with van der Waals surface area (Å²) >= 11 is 0. The second kappa shape index (κ2) is 9.27. The first-order valence-corrected chi connectivity index (χ1v) is 8.95. The van der Waals surface area contributed by atoms with E-state index in [0.29, 0.717) is 18.5 Å². The van der Waals surface area contributed by atoms with Gasteiger partial charge in [0.2, 0.25) is 11.6 Å². The van der Waals surface area contributed by atoms with Crippen molar-refractivity contribution in [2.45, 2.75) is 13.3 Å². The number of nitrogens with one attached hydrogen (secondary N) is 3. The monoisotopic (exact) mass is 392 g/mol. The molecular formula is C20H20N6O3. The summed E-state index contributed by atoms with van der Waals surface area (Å²) in [5.74, 6) is -0.461. The van der Waals surface area contributed by atoms with Gasteiger partial charge in [-0.25, -0.2) is 9.97 Å². The number of carbonyl (C=O) groups is 1. The van der Waals surface area contributed by atoms with E-state index in [1.165, 1.54) is 6.33 Å². The van der Waals surface area contributed by atoms with Crippen molar-refractivity contribution < 1.29 is 9.72 Å². The average Bonchev–Trinajstić information content (AvgIpc) is 2.73. The largest absolute Gasteiger partial charge is 0.364 e. The van der Waals surface area contributed by atoms with Crippen LogP contribution in [0.1, 0.15) is 21.5 Å². The van der Waals surface area contributed by atoms with E-state index in [-0.39, 0.29) is 17.3 Å². The standard InChI is InChI=1S/C20H20N6O3/c1-14-7-9-16(10-8-14)20(27)25-24-19-17(26(28)29)18(22-13-23-19)21-12-11-15-5-3-2-4-6-15/h2-10,13H,11-12H2,1H3,(H,25,27)(H2,21,22,23,24). The topological polar surface area (TPSA) is 122 Å². The van der Waals surface area contributed by atoms with Crippen LogP contribution in [0.3, 0.4) is 0 Å². The lowest BCUT2D eigenvalue weighted by Crippen LogP contribution is -2.30. The Hall–Kier alpha value is -4.01. The fourth-order valence-corrected chi connectivity index (χ4v) is 2.64. The van der Waals surface area contributed by atoms with Gasteiger partial charge in [0, 0.05) is 12.1 Å². The predicted octanol–water partition coefficient (Wildman–Crippen LogP) is 3.10.